The SMILES string of the molecule is CN1CCC(C(=O)c2cccnc2)C1=O.CN1CCC(C(=O)c2cccnc2)C1=O.CN1CCCC1c1cccnc1.CN1CCCC1c1cccnc1.[CH3+]. The summed E-state index contributed by atoms with van der Waals surface area (Å²) in [4.78, 5) is 71.1. The van der Waals surface area contributed by atoms with Crippen molar-refractivity contribution < 1.29 is 19.2 Å². The van der Waals surface area contributed by atoms with E-state index in [-0.39, 0.29) is 30.8 Å². The Bertz CT molecular complexity index is 1670. The summed E-state index contributed by atoms with van der Waals surface area (Å²) >= 11 is 0. The van der Waals surface area contributed by atoms with Gasteiger partial charge in [-0.3, -0.25) is 48.9 Å². The summed E-state index contributed by atoms with van der Waals surface area (Å²) in [7, 11) is 7.81. The molecule has 0 bridgehead atoms. The smallest absolute Gasteiger partial charge is 0.233 e. The summed E-state index contributed by atoms with van der Waals surface area (Å²) in [6.07, 6.45) is 20.3. The molecule has 4 atom stereocenters. The van der Waals surface area contributed by atoms with Gasteiger partial charge in [0.25, 0.3) is 0 Å². The van der Waals surface area contributed by atoms with Crippen molar-refractivity contribution in [3.05, 3.63) is 128 Å². The Labute approximate surface area is 326 Å². The lowest BCUT2D eigenvalue weighted by molar-refractivity contribution is -0.129. The zero-order valence-electron chi connectivity index (χ0n) is 32.8. The minimum absolute atomic E-state index is 0. The van der Waals surface area contributed by atoms with Crippen molar-refractivity contribution in [3.8, 4) is 0 Å². The van der Waals surface area contributed by atoms with Crippen LogP contribution >= 0.6 is 0 Å². The van der Waals surface area contributed by atoms with Crippen LogP contribution in [-0.2, 0) is 9.59 Å². The van der Waals surface area contributed by atoms with E-state index in [9.17, 15) is 19.2 Å². The third-order valence-electron chi connectivity index (χ3n) is 10.6. The molecular weight excluding hydrogens is 693 g/mol. The fraction of sp³-hybridized carbons (Fsp3) is 0.419. The number of ketones is 2. The summed E-state index contributed by atoms with van der Waals surface area (Å²) in [5.74, 6) is -1.39. The van der Waals surface area contributed by atoms with Crippen molar-refractivity contribution in [3.63, 3.8) is 0 Å². The van der Waals surface area contributed by atoms with E-state index in [0.29, 0.717) is 49.1 Å². The number of carbonyl (C=O) groups is 4. The van der Waals surface area contributed by atoms with Crippen molar-refractivity contribution in [1.82, 2.24) is 39.5 Å². The molecule has 4 saturated heterocycles. The molecule has 0 spiro atoms. The van der Waals surface area contributed by atoms with Gasteiger partial charge in [0, 0.05) is 107 Å². The standard InChI is InChI=1S/2C11H12N2O2.2C10H14N2.CH3/c2*1-13-6-4-9(11(13)15)10(14)8-3-2-5-12-7-8;2*1-12-7-3-5-10(12)9-4-2-6-11-8-9;/h2*2-3,5,7,9H,4,6H2,1H3;2*2,4,6,8,10H,3,5,7H2,1H3;1H3/q;;;;+1. The van der Waals surface area contributed by atoms with Crippen molar-refractivity contribution in [2.45, 2.75) is 50.6 Å². The second kappa shape index (κ2) is 20.9. The molecular formula is C43H55N8O4+. The van der Waals surface area contributed by atoms with Gasteiger partial charge in [-0.2, -0.15) is 0 Å². The molecule has 12 heteroatoms. The molecule has 0 saturated carbocycles. The van der Waals surface area contributed by atoms with E-state index in [0.717, 1.165) is 0 Å². The van der Waals surface area contributed by atoms with Gasteiger partial charge in [0.1, 0.15) is 11.8 Å². The van der Waals surface area contributed by atoms with Crippen molar-refractivity contribution >= 4 is 23.4 Å². The second-order valence-corrected chi connectivity index (χ2v) is 14.3. The first kappa shape index (κ1) is 42.4. The van der Waals surface area contributed by atoms with Gasteiger partial charge in [0.15, 0.2) is 11.6 Å². The Morgan fingerprint density at radius 3 is 1.15 bits per heavy atom. The average molecular weight is 748 g/mol. The highest BCUT2D eigenvalue weighted by Crippen LogP contribution is 2.30. The maximum atomic E-state index is 11.9. The van der Waals surface area contributed by atoms with E-state index in [4.69, 9.17) is 0 Å². The van der Waals surface area contributed by atoms with E-state index < -0.39 is 11.8 Å². The van der Waals surface area contributed by atoms with Gasteiger partial charge in [0.2, 0.25) is 11.8 Å². The van der Waals surface area contributed by atoms with Gasteiger partial charge < -0.3 is 9.80 Å². The van der Waals surface area contributed by atoms with Crippen LogP contribution in [0.15, 0.2) is 98.1 Å². The molecule has 8 rings (SSSR count). The van der Waals surface area contributed by atoms with Gasteiger partial charge >= 0.3 is 0 Å². The molecule has 55 heavy (non-hydrogen) atoms. The Morgan fingerprint density at radius 1 is 0.527 bits per heavy atom. The van der Waals surface area contributed by atoms with Gasteiger partial charge in [0.05, 0.1) is 0 Å². The molecule has 4 aromatic rings. The predicted molar refractivity (Wildman–Crippen MR) is 213 cm³/mol. The fourth-order valence-corrected chi connectivity index (χ4v) is 7.36. The maximum Gasteiger partial charge on any atom is 0.233 e. The molecule has 0 radical (unpaired) electrons. The van der Waals surface area contributed by atoms with Gasteiger partial charge in [-0.1, -0.05) is 12.1 Å². The molecule has 4 fully saturated rings. The number of likely N-dealkylation sites (tertiary alicyclic amines) is 4. The summed E-state index contributed by atoms with van der Waals surface area (Å²) in [5, 5.41) is 0. The largest absolute Gasteiger partial charge is 0.345 e. The molecule has 0 N–H and O–H groups in total. The fourth-order valence-electron chi connectivity index (χ4n) is 7.36. The van der Waals surface area contributed by atoms with Crippen molar-refractivity contribution in [2.75, 3.05) is 54.4 Å². The lowest BCUT2D eigenvalue weighted by Gasteiger charge is -2.18. The van der Waals surface area contributed by atoms with Crippen LogP contribution in [0.4, 0.5) is 0 Å². The highest BCUT2D eigenvalue weighted by atomic mass is 16.2. The maximum absolute atomic E-state index is 11.9. The second-order valence-electron chi connectivity index (χ2n) is 14.3. The monoisotopic (exact) mass is 747 g/mol. The number of nitrogens with zero attached hydrogens (tertiary/aromatic N) is 8. The number of Topliss-reactive ketones (excluding diaryl/α,β-unsaturated/α-hetero) is 2. The van der Waals surface area contributed by atoms with E-state index in [2.05, 4.69) is 56.0 Å². The highest BCUT2D eigenvalue weighted by Gasteiger charge is 2.36. The minimum Gasteiger partial charge on any atom is -0.345 e. The van der Waals surface area contributed by atoms with E-state index >= 15 is 0 Å². The number of rotatable bonds is 6. The molecule has 4 aliphatic heterocycles. The first-order valence-corrected chi connectivity index (χ1v) is 18.7. The number of aromatic nitrogens is 4. The van der Waals surface area contributed by atoms with Crippen LogP contribution in [0.5, 0.6) is 0 Å². The van der Waals surface area contributed by atoms with Gasteiger partial charge in [-0.25, -0.2) is 0 Å². The lowest BCUT2D eigenvalue weighted by Crippen LogP contribution is -2.27. The number of hydrogen-bond acceptors (Lipinski definition) is 10. The average Bonchev–Trinajstić information content (AvgIpc) is 4.01. The number of amides is 2. The lowest BCUT2D eigenvalue weighted by atomic mass is 9.97. The third-order valence-corrected chi connectivity index (χ3v) is 10.6. The Morgan fingerprint density at radius 2 is 0.891 bits per heavy atom. The summed E-state index contributed by atoms with van der Waals surface area (Å²) in [5.41, 5.74) is 3.76. The van der Waals surface area contributed by atoms with Gasteiger partial charge in [-0.05, 0) is 113 Å². The zero-order valence-corrected chi connectivity index (χ0v) is 32.8. The van der Waals surface area contributed by atoms with E-state index in [1.807, 2.05) is 36.9 Å². The molecule has 12 nitrogen and oxygen atoms in total. The van der Waals surface area contributed by atoms with E-state index in [1.165, 1.54) is 62.3 Å². The minimum atomic E-state index is -0.501. The first-order valence-electron chi connectivity index (χ1n) is 18.7. The highest BCUT2D eigenvalue weighted by molar-refractivity contribution is 6.11. The van der Waals surface area contributed by atoms with Crippen molar-refractivity contribution in [2.24, 2.45) is 11.8 Å². The Hall–Kier alpha value is -5.33. The summed E-state index contributed by atoms with van der Waals surface area (Å²) < 4.78 is 0. The van der Waals surface area contributed by atoms with Crippen molar-refractivity contribution in [1.29, 1.82) is 0 Å². The van der Waals surface area contributed by atoms with Crippen LogP contribution < -0.4 is 0 Å². The van der Waals surface area contributed by atoms with Crippen LogP contribution in [-0.4, -0.2) is 117 Å². The van der Waals surface area contributed by atoms with Crippen LogP contribution in [0.3, 0.4) is 0 Å². The normalized spacial score (nSPS) is 22.0. The van der Waals surface area contributed by atoms with Crippen LogP contribution in [0.25, 0.3) is 0 Å². The summed E-state index contributed by atoms with van der Waals surface area (Å²) in [6.45, 7) is 3.77. The number of carbonyl (C=O) groups excluding carboxylic acids is 4. The van der Waals surface area contributed by atoms with Crippen LogP contribution in [0.2, 0.25) is 0 Å². The van der Waals surface area contributed by atoms with Gasteiger partial charge in [-0.15, -0.1) is 0 Å². The molecule has 290 valence electrons. The van der Waals surface area contributed by atoms with Crippen LogP contribution in [0, 0.1) is 19.3 Å². The molecule has 4 aliphatic rings. The van der Waals surface area contributed by atoms with Crippen LogP contribution in [0.1, 0.15) is 82.5 Å². The Balaban J connectivity index is 0.000000163. The molecule has 0 aliphatic carbocycles. The molecule has 0 aromatic carbocycles. The molecule has 8 heterocycles. The van der Waals surface area contributed by atoms with E-state index in [1.54, 1.807) is 60.6 Å². The summed E-state index contributed by atoms with van der Waals surface area (Å²) in [6, 6.07) is 16.4. The Kier molecular flexibility index (Phi) is 16.1. The molecule has 4 aromatic heterocycles. The topological polar surface area (TPSA) is 133 Å². The molecule has 2 amide bonds. The first-order chi connectivity index (χ1) is 26.2. The predicted octanol–water partition coefficient (Wildman–Crippen LogP) is 5.63. The zero-order chi connectivity index (χ0) is 38.5. The quantitative estimate of drug-likeness (QED) is 0.139. The third kappa shape index (κ3) is 11.3. The molecule has 4 unspecified atom stereocenters. The number of pyridine rings is 4. The number of hydrogen-bond donors (Lipinski definition) is 0.